The molecule has 0 radical (unpaired) electrons. The third kappa shape index (κ3) is 3.62. The topological polar surface area (TPSA) is 83.4 Å². The first-order valence-corrected chi connectivity index (χ1v) is 7.00. The van der Waals surface area contributed by atoms with Crippen LogP contribution in [-0.4, -0.2) is 38.8 Å². The molecule has 24 heavy (non-hydrogen) atoms. The van der Waals surface area contributed by atoms with Gasteiger partial charge in [-0.05, 0) is 42.9 Å². The Labute approximate surface area is 139 Å². The van der Waals surface area contributed by atoms with Crippen molar-refractivity contribution in [3.63, 3.8) is 0 Å². The molecule has 0 N–H and O–H groups in total. The molecule has 1 aromatic rings. The van der Waals surface area contributed by atoms with E-state index in [2.05, 4.69) is 5.16 Å². The zero-order valence-corrected chi connectivity index (χ0v) is 13.8. The summed E-state index contributed by atoms with van der Waals surface area (Å²) in [4.78, 5) is 28.4. The molecule has 0 unspecified atom stereocenters. The van der Waals surface area contributed by atoms with E-state index in [1.54, 1.807) is 6.92 Å². The van der Waals surface area contributed by atoms with Crippen molar-refractivity contribution in [1.82, 2.24) is 0 Å². The van der Waals surface area contributed by atoms with Crippen LogP contribution in [0, 0.1) is 0 Å². The molecule has 7 nitrogen and oxygen atoms in total. The Hall–Kier alpha value is -3.09. The van der Waals surface area contributed by atoms with E-state index >= 15 is 0 Å². The Morgan fingerprint density at radius 2 is 1.62 bits per heavy atom. The number of rotatable bonds is 5. The summed E-state index contributed by atoms with van der Waals surface area (Å²) in [6, 6.07) is 2.93. The van der Waals surface area contributed by atoms with E-state index in [-0.39, 0.29) is 11.3 Å². The summed E-state index contributed by atoms with van der Waals surface area (Å²) < 4.78 is 15.6. The van der Waals surface area contributed by atoms with Crippen molar-refractivity contribution >= 4 is 17.5 Å². The highest BCUT2D eigenvalue weighted by Crippen LogP contribution is 2.38. The van der Waals surface area contributed by atoms with E-state index in [9.17, 15) is 9.59 Å². The fourth-order valence-corrected chi connectivity index (χ4v) is 2.04. The summed E-state index contributed by atoms with van der Waals surface area (Å²) in [5, 5.41) is 3.74. The average Bonchev–Trinajstić information content (AvgIpc) is 2.60. The molecule has 0 amide bonds. The molecule has 0 spiro atoms. The highest BCUT2D eigenvalue weighted by Gasteiger charge is 2.18. The van der Waals surface area contributed by atoms with Gasteiger partial charge < -0.3 is 19.0 Å². The van der Waals surface area contributed by atoms with Crippen LogP contribution < -0.4 is 14.2 Å². The lowest BCUT2D eigenvalue weighted by atomic mass is 10.1. The number of methoxy groups -OCH3 is 3. The molecule has 0 saturated heterocycles. The van der Waals surface area contributed by atoms with Gasteiger partial charge in [0.2, 0.25) is 5.75 Å². The second-order valence-electron chi connectivity index (χ2n) is 4.83. The Balaban J connectivity index is 2.24. The summed E-state index contributed by atoms with van der Waals surface area (Å²) in [6.45, 7) is 1.66. The first kappa shape index (κ1) is 17.3. The molecule has 0 fully saturated rings. The highest BCUT2D eigenvalue weighted by atomic mass is 16.7. The van der Waals surface area contributed by atoms with Crippen molar-refractivity contribution in [2.24, 2.45) is 5.16 Å². The summed E-state index contributed by atoms with van der Waals surface area (Å²) in [7, 11) is 4.36. The van der Waals surface area contributed by atoms with Crippen molar-refractivity contribution in [3.8, 4) is 17.2 Å². The van der Waals surface area contributed by atoms with Gasteiger partial charge in [-0.2, -0.15) is 0 Å². The number of oxime groups is 1. The van der Waals surface area contributed by atoms with Crippen LogP contribution in [0.25, 0.3) is 0 Å². The largest absolute Gasteiger partial charge is 0.493 e. The summed E-state index contributed by atoms with van der Waals surface area (Å²) in [6.07, 6.45) is 4.37. The van der Waals surface area contributed by atoms with Gasteiger partial charge in [0.25, 0.3) is 0 Å². The zero-order chi connectivity index (χ0) is 17.7. The lowest BCUT2D eigenvalue weighted by molar-refractivity contribution is -0.111. The van der Waals surface area contributed by atoms with Gasteiger partial charge >= 0.3 is 5.97 Å². The fraction of sp³-hybridized carbons (Fsp3) is 0.235. The molecule has 0 saturated carbocycles. The lowest BCUT2D eigenvalue weighted by Gasteiger charge is -2.13. The maximum atomic E-state index is 12.2. The Bertz CT molecular complexity index is 735. The van der Waals surface area contributed by atoms with Gasteiger partial charge in [-0.1, -0.05) is 5.16 Å². The monoisotopic (exact) mass is 331 g/mol. The third-order valence-corrected chi connectivity index (χ3v) is 3.29. The molecule has 1 aromatic carbocycles. The molecule has 0 heterocycles. The van der Waals surface area contributed by atoms with Crippen LogP contribution in [0.5, 0.6) is 17.2 Å². The maximum absolute atomic E-state index is 12.2. The average molecular weight is 331 g/mol. The number of carbonyl (C=O) groups excluding carboxylic acids is 2. The molecule has 126 valence electrons. The van der Waals surface area contributed by atoms with Gasteiger partial charge in [-0.3, -0.25) is 4.79 Å². The number of nitrogens with zero attached hydrogens (tertiary/aromatic N) is 1. The van der Waals surface area contributed by atoms with E-state index < -0.39 is 5.97 Å². The van der Waals surface area contributed by atoms with E-state index in [1.165, 1.54) is 51.7 Å². The molecule has 7 heteroatoms. The van der Waals surface area contributed by atoms with Gasteiger partial charge in [0, 0.05) is 0 Å². The molecule has 0 bridgehead atoms. The molecule has 0 aliphatic heterocycles. The van der Waals surface area contributed by atoms with Crippen LogP contribution in [0.3, 0.4) is 0 Å². The number of ketones is 1. The molecular formula is C17H17NO6. The minimum absolute atomic E-state index is 0.107. The minimum Gasteiger partial charge on any atom is -0.493 e. The quantitative estimate of drug-likeness (QED) is 0.468. The molecule has 0 aromatic heterocycles. The number of ether oxygens (including phenoxy) is 3. The second kappa shape index (κ2) is 7.45. The van der Waals surface area contributed by atoms with Crippen molar-refractivity contribution in [2.45, 2.75) is 6.92 Å². The van der Waals surface area contributed by atoms with Gasteiger partial charge in [-0.15, -0.1) is 0 Å². The van der Waals surface area contributed by atoms with Gasteiger partial charge in [0.1, 0.15) is 5.71 Å². The Morgan fingerprint density at radius 3 is 2.12 bits per heavy atom. The van der Waals surface area contributed by atoms with Crippen molar-refractivity contribution in [2.75, 3.05) is 21.3 Å². The van der Waals surface area contributed by atoms with Crippen molar-refractivity contribution in [1.29, 1.82) is 0 Å². The van der Waals surface area contributed by atoms with E-state index in [4.69, 9.17) is 19.0 Å². The molecular weight excluding hydrogens is 314 g/mol. The van der Waals surface area contributed by atoms with Crippen LogP contribution in [0.2, 0.25) is 0 Å². The predicted molar refractivity (Wildman–Crippen MR) is 86.9 cm³/mol. The van der Waals surface area contributed by atoms with E-state index in [0.717, 1.165) is 0 Å². The molecule has 2 rings (SSSR count). The Kier molecular flexibility index (Phi) is 5.36. The van der Waals surface area contributed by atoms with Crippen molar-refractivity contribution < 1.29 is 28.6 Å². The predicted octanol–water partition coefficient (Wildman–Crippen LogP) is 2.31. The lowest BCUT2D eigenvalue weighted by Crippen LogP contribution is -2.08. The number of hydrogen-bond donors (Lipinski definition) is 0. The second-order valence-corrected chi connectivity index (χ2v) is 4.83. The number of carbonyl (C=O) groups is 2. The van der Waals surface area contributed by atoms with E-state index in [1.807, 2.05) is 0 Å². The van der Waals surface area contributed by atoms with Gasteiger partial charge in [-0.25, -0.2) is 4.79 Å². The smallest absolute Gasteiger partial charge is 0.366 e. The Morgan fingerprint density at radius 1 is 1.00 bits per heavy atom. The number of hydrogen-bond acceptors (Lipinski definition) is 7. The zero-order valence-electron chi connectivity index (χ0n) is 13.8. The normalized spacial score (nSPS) is 15.1. The first-order chi connectivity index (χ1) is 11.5. The third-order valence-electron chi connectivity index (χ3n) is 3.29. The van der Waals surface area contributed by atoms with Crippen LogP contribution in [0.1, 0.15) is 17.3 Å². The number of benzene rings is 1. The van der Waals surface area contributed by atoms with Gasteiger partial charge in [0.05, 0.1) is 26.9 Å². The molecule has 1 aliphatic rings. The minimum atomic E-state index is -0.696. The van der Waals surface area contributed by atoms with Crippen LogP contribution in [0.15, 0.2) is 41.1 Å². The first-order valence-electron chi connectivity index (χ1n) is 7.00. The van der Waals surface area contributed by atoms with Crippen LogP contribution in [0.4, 0.5) is 0 Å². The van der Waals surface area contributed by atoms with Gasteiger partial charge in [0.15, 0.2) is 17.3 Å². The highest BCUT2D eigenvalue weighted by molar-refractivity contribution is 6.18. The van der Waals surface area contributed by atoms with Crippen molar-refractivity contribution in [3.05, 3.63) is 41.5 Å². The summed E-state index contributed by atoms with van der Waals surface area (Å²) in [5.74, 6) is 0.226. The SMILES string of the molecule is COc1cc(C(=O)O/N=C2/C=CC(=O)C(C)=C2)cc(OC)c1OC. The molecule has 0 atom stereocenters. The molecule has 1 aliphatic carbocycles. The standard InChI is InChI=1S/C17H17NO6/c1-10-7-12(5-6-13(10)19)18-24-17(20)11-8-14(21-2)16(23-4)15(9-11)22-3/h5-9H,1-4H3/b18-12-. The van der Waals surface area contributed by atoms with E-state index in [0.29, 0.717) is 28.5 Å². The number of allylic oxidation sites excluding steroid dienone is 4. The van der Waals surface area contributed by atoms with Crippen LogP contribution in [-0.2, 0) is 9.63 Å². The summed E-state index contributed by atoms with van der Waals surface area (Å²) >= 11 is 0. The van der Waals surface area contributed by atoms with Crippen LogP contribution >= 0.6 is 0 Å². The maximum Gasteiger partial charge on any atom is 0.366 e. The fourth-order valence-electron chi connectivity index (χ4n) is 2.04. The summed E-state index contributed by atoms with van der Waals surface area (Å²) in [5.41, 5.74) is 1.07.